The topological polar surface area (TPSA) is 231 Å². The number of nitrogens with two attached hydrogens (primary N) is 3. The predicted molar refractivity (Wildman–Crippen MR) is 168 cm³/mol. The number of carboxylic acids is 1. The number of carbonyl (C=O) groups is 4. The Bertz CT molecular complexity index is 1450. The number of aromatic nitrogens is 1. The summed E-state index contributed by atoms with van der Waals surface area (Å²) in [7, 11) is 0. The van der Waals surface area contributed by atoms with Gasteiger partial charge >= 0.3 is 5.97 Å². The van der Waals surface area contributed by atoms with Crippen molar-refractivity contribution >= 4 is 40.6 Å². The summed E-state index contributed by atoms with van der Waals surface area (Å²) in [6.45, 7) is 3.65. The van der Waals surface area contributed by atoms with Gasteiger partial charge in [-0.3, -0.25) is 19.4 Å². The number of rotatable bonds is 16. The first-order valence-electron chi connectivity index (χ1n) is 14.5. The van der Waals surface area contributed by atoms with Gasteiger partial charge in [0, 0.05) is 36.5 Å². The van der Waals surface area contributed by atoms with Crippen molar-refractivity contribution in [3.63, 3.8) is 0 Å². The molecule has 3 rings (SSSR count). The Kier molecular flexibility index (Phi) is 12.3. The lowest BCUT2D eigenvalue weighted by Crippen LogP contribution is -2.58. The summed E-state index contributed by atoms with van der Waals surface area (Å²) < 4.78 is 0. The summed E-state index contributed by atoms with van der Waals surface area (Å²) in [5.41, 5.74) is 19.2. The number of amides is 3. The fourth-order valence-corrected chi connectivity index (χ4v) is 4.76. The van der Waals surface area contributed by atoms with Crippen molar-refractivity contribution in [2.24, 2.45) is 28.1 Å². The van der Waals surface area contributed by atoms with Gasteiger partial charge in [-0.1, -0.05) is 62.4 Å². The molecule has 236 valence electrons. The number of para-hydroxylation sites is 1. The molecule has 0 aliphatic rings. The van der Waals surface area contributed by atoms with Crippen LogP contribution < -0.4 is 33.2 Å². The highest BCUT2D eigenvalue weighted by molar-refractivity contribution is 5.95. The molecule has 44 heavy (non-hydrogen) atoms. The van der Waals surface area contributed by atoms with Crippen LogP contribution in [0.4, 0.5) is 0 Å². The molecular weight excluding hydrogens is 564 g/mol. The molecule has 4 unspecified atom stereocenters. The van der Waals surface area contributed by atoms with Crippen LogP contribution in [0.1, 0.15) is 37.8 Å². The number of hydrogen-bond donors (Lipinski definition) is 8. The van der Waals surface area contributed by atoms with Crippen LogP contribution >= 0.6 is 0 Å². The number of carboxylic acid groups (broad SMARTS) is 1. The Hall–Kier alpha value is -4.91. The van der Waals surface area contributed by atoms with E-state index < -0.39 is 53.8 Å². The van der Waals surface area contributed by atoms with Crippen LogP contribution in [0.3, 0.4) is 0 Å². The van der Waals surface area contributed by atoms with E-state index in [0.29, 0.717) is 13.0 Å². The zero-order chi connectivity index (χ0) is 32.2. The maximum absolute atomic E-state index is 13.8. The van der Waals surface area contributed by atoms with E-state index in [-0.39, 0.29) is 25.2 Å². The molecule has 1 heterocycles. The maximum atomic E-state index is 13.8. The van der Waals surface area contributed by atoms with E-state index in [1.54, 1.807) is 44.3 Å². The van der Waals surface area contributed by atoms with Gasteiger partial charge in [0.15, 0.2) is 5.96 Å². The first kappa shape index (κ1) is 33.6. The first-order valence-corrected chi connectivity index (χ1v) is 14.5. The van der Waals surface area contributed by atoms with Gasteiger partial charge in [0.2, 0.25) is 17.7 Å². The van der Waals surface area contributed by atoms with Crippen LogP contribution in [-0.4, -0.2) is 70.5 Å². The van der Waals surface area contributed by atoms with E-state index >= 15 is 0 Å². The summed E-state index contributed by atoms with van der Waals surface area (Å²) in [5, 5.41) is 18.6. The summed E-state index contributed by atoms with van der Waals surface area (Å²) in [6, 6.07) is 12.3. The van der Waals surface area contributed by atoms with Crippen molar-refractivity contribution in [3.05, 3.63) is 71.9 Å². The Balaban J connectivity index is 1.86. The molecule has 4 atom stereocenters. The Morgan fingerprint density at radius 2 is 1.48 bits per heavy atom. The van der Waals surface area contributed by atoms with E-state index in [1.165, 1.54) is 0 Å². The molecule has 1 aromatic heterocycles. The molecule has 2 aromatic carbocycles. The van der Waals surface area contributed by atoms with Gasteiger partial charge in [-0.15, -0.1) is 0 Å². The fraction of sp³-hybridized carbons (Fsp3) is 0.387. The molecule has 13 nitrogen and oxygen atoms in total. The quantitative estimate of drug-likeness (QED) is 0.0649. The van der Waals surface area contributed by atoms with Crippen LogP contribution in [0.15, 0.2) is 65.8 Å². The highest BCUT2D eigenvalue weighted by atomic mass is 16.4. The minimum absolute atomic E-state index is 0.0596. The number of aliphatic carboxylic acids is 1. The summed E-state index contributed by atoms with van der Waals surface area (Å²) in [6.07, 6.45) is 2.69. The number of nitrogens with one attached hydrogen (secondary N) is 4. The molecule has 0 fully saturated rings. The van der Waals surface area contributed by atoms with Gasteiger partial charge in [0.1, 0.15) is 18.1 Å². The summed E-state index contributed by atoms with van der Waals surface area (Å²) in [4.78, 5) is 59.2. The number of H-pyrrole nitrogens is 1. The fourth-order valence-electron chi connectivity index (χ4n) is 4.76. The number of aliphatic imine (C=N–C) groups is 1. The van der Waals surface area contributed by atoms with E-state index in [4.69, 9.17) is 17.2 Å². The lowest BCUT2D eigenvalue weighted by atomic mass is 10.00. The molecule has 0 aliphatic heterocycles. The number of nitrogens with zero attached hydrogens (tertiary/aromatic N) is 1. The Morgan fingerprint density at radius 3 is 2.14 bits per heavy atom. The normalized spacial score (nSPS) is 13.8. The third-order valence-electron chi connectivity index (χ3n) is 7.18. The third kappa shape index (κ3) is 9.83. The van der Waals surface area contributed by atoms with E-state index in [9.17, 15) is 24.3 Å². The van der Waals surface area contributed by atoms with Crippen molar-refractivity contribution in [1.29, 1.82) is 0 Å². The Morgan fingerprint density at radius 1 is 0.864 bits per heavy atom. The van der Waals surface area contributed by atoms with Gasteiger partial charge in [-0.2, -0.15) is 0 Å². The minimum atomic E-state index is -1.18. The molecule has 13 heteroatoms. The standard InChI is InChI=1S/C31H42N8O5/c1-18(2)26(30(43)44)39-29(42)24(15-19-9-4-3-5-10-19)38-28(41)25(16-20-17-36-23-13-7-6-11-21(20)23)37-27(40)22(32)12-8-14-35-31(33)34/h3-7,9-11,13,17-18,22,24-26,36H,8,12,14-16,32H2,1-2H3,(H,37,40)(H,38,41)(H,39,42)(H,43,44)(H4,33,34,35). The number of aromatic amines is 1. The van der Waals surface area contributed by atoms with Crippen molar-refractivity contribution in [2.75, 3.05) is 6.54 Å². The summed E-state index contributed by atoms with van der Waals surface area (Å²) in [5.74, 6) is -3.47. The lowest BCUT2D eigenvalue weighted by Gasteiger charge is -2.26. The van der Waals surface area contributed by atoms with Crippen molar-refractivity contribution < 1.29 is 24.3 Å². The second-order valence-corrected chi connectivity index (χ2v) is 11.0. The van der Waals surface area contributed by atoms with Gasteiger partial charge in [0.05, 0.1) is 6.04 Å². The SMILES string of the molecule is CC(C)C(NC(=O)C(Cc1ccccc1)NC(=O)C(Cc1c[nH]c2ccccc12)NC(=O)C(N)CCCN=C(N)N)C(=O)O. The molecular formula is C31H42N8O5. The van der Waals surface area contributed by atoms with Gasteiger partial charge in [-0.05, 0) is 36.0 Å². The number of guanidine groups is 1. The van der Waals surface area contributed by atoms with Crippen molar-refractivity contribution in [1.82, 2.24) is 20.9 Å². The summed E-state index contributed by atoms with van der Waals surface area (Å²) >= 11 is 0. The molecule has 0 radical (unpaired) electrons. The monoisotopic (exact) mass is 606 g/mol. The highest BCUT2D eigenvalue weighted by Crippen LogP contribution is 2.19. The van der Waals surface area contributed by atoms with Crippen LogP contribution in [-0.2, 0) is 32.0 Å². The number of fused-ring (bicyclic) bond motifs is 1. The molecule has 0 saturated carbocycles. The Labute approximate surface area is 256 Å². The lowest BCUT2D eigenvalue weighted by molar-refractivity contribution is -0.143. The maximum Gasteiger partial charge on any atom is 0.326 e. The third-order valence-corrected chi connectivity index (χ3v) is 7.18. The van der Waals surface area contributed by atoms with E-state index in [1.807, 2.05) is 30.3 Å². The zero-order valence-corrected chi connectivity index (χ0v) is 25.0. The van der Waals surface area contributed by atoms with Gasteiger partial charge in [0.25, 0.3) is 0 Å². The highest BCUT2D eigenvalue weighted by Gasteiger charge is 2.32. The average molecular weight is 607 g/mol. The molecule has 3 aromatic rings. The number of hydrogen-bond acceptors (Lipinski definition) is 6. The smallest absolute Gasteiger partial charge is 0.326 e. The zero-order valence-electron chi connectivity index (χ0n) is 25.0. The largest absolute Gasteiger partial charge is 0.480 e. The van der Waals surface area contributed by atoms with Crippen LogP contribution in [0, 0.1) is 5.92 Å². The molecule has 0 spiro atoms. The molecule has 0 aliphatic carbocycles. The van der Waals surface area contributed by atoms with Crippen molar-refractivity contribution in [2.45, 2.75) is 63.7 Å². The van der Waals surface area contributed by atoms with Crippen LogP contribution in [0.5, 0.6) is 0 Å². The van der Waals surface area contributed by atoms with E-state index in [0.717, 1.165) is 22.0 Å². The molecule has 3 amide bonds. The average Bonchev–Trinajstić information content (AvgIpc) is 3.39. The predicted octanol–water partition coefficient (Wildman–Crippen LogP) is 0.529. The second-order valence-electron chi connectivity index (χ2n) is 11.0. The molecule has 0 bridgehead atoms. The van der Waals surface area contributed by atoms with Gasteiger partial charge in [-0.25, -0.2) is 4.79 Å². The first-order chi connectivity index (χ1) is 21.0. The molecule has 0 saturated heterocycles. The number of carbonyl (C=O) groups excluding carboxylic acids is 3. The van der Waals surface area contributed by atoms with Gasteiger partial charge < -0.3 is 43.2 Å². The van der Waals surface area contributed by atoms with E-state index in [2.05, 4.69) is 25.9 Å². The minimum Gasteiger partial charge on any atom is -0.480 e. The second kappa shape index (κ2) is 16.1. The van der Waals surface area contributed by atoms with Crippen molar-refractivity contribution in [3.8, 4) is 0 Å². The molecule has 11 N–H and O–H groups in total. The number of benzene rings is 2. The van der Waals surface area contributed by atoms with Crippen LogP contribution in [0.25, 0.3) is 10.9 Å². The van der Waals surface area contributed by atoms with Crippen LogP contribution in [0.2, 0.25) is 0 Å².